The zero-order chi connectivity index (χ0) is 18.6. The third kappa shape index (κ3) is 4.72. The van der Waals surface area contributed by atoms with Gasteiger partial charge in [-0.25, -0.2) is 9.18 Å². The van der Waals surface area contributed by atoms with E-state index in [1.807, 2.05) is 18.2 Å². The predicted octanol–water partition coefficient (Wildman–Crippen LogP) is 4.58. The summed E-state index contributed by atoms with van der Waals surface area (Å²) in [4.78, 5) is 12.8. The average molecular weight is 345 g/mol. The number of carboxylic acids is 1. The van der Waals surface area contributed by atoms with Crippen molar-refractivity contribution in [1.82, 2.24) is 0 Å². The van der Waals surface area contributed by atoms with Crippen molar-refractivity contribution in [2.45, 2.75) is 33.7 Å². The van der Waals surface area contributed by atoms with E-state index in [0.717, 1.165) is 29.6 Å². The fourth-order valence-corrected chi connectivity index (χ4v) is 2.72. The Hall–Kier alpha value is -2.56. The van der Waals surface area contributed by atoms with Crippen molar-refractivity contribution in [3.63, 3.8) is 0 Å². The quantitative estimate of drug-likeness (QED) is 0.627. The van der Waals surface area contributed by atoms with Crippen LogP contribution in [0.2, 0.25) is 0 Å². The summed E-state index contributed by atoms with van der Waals surface area (Å²) in [6, 6.07) is 6.06. The molecule has 134 valence electrons. The van der Waals surface area contributed by atoms with Crippen molar-refractivity contribution >= 4 is 17.2 Å². The molecule has 0 unspecified atom stereocenters. The van der Waals surface area contributed by atoms with Gasteiger partial charge in [-0.15, -0.1) is 0 Å². The summed E-state index contributed by atoms with van der Waals surface area (Å²) in [6.45, 7) is 9.02. The van der Waals surface area contributed by atoms with Gasteiger partial charge in [0.15, 0.2) is 0 Å². The highest BCUT2D eigenvalue weighted by Gasteiger charge is 2.20. The van der Waals surface area contributed by atoms with Gasteiger partial charge in [0.1, 0.15) is 18.2 Å². The van der Waals surface area contributed by atoms with Crippen molar-refractivity contribution in [1.29, 1.82) is 0 Å². The summed E-state index contributed by atoms with van der Waals surface area (Å²) in [7, 11) is 0. The molecule has 1 aromatic carbocycles. The molecule has 1 aliphatic heterocycles. The molecule has 0 saturated carbocycles. The number of carbonyl (C=O) groups is 1. The van der Waals surface area contributed by atoms with E-state index in [1.165, 1.54) is 12.2 Å². The number of ether oxygens (including phenoxy) is 1. The van der Waals surface area contributed by atoms with Gasteiger partial charge >= 0.3 is 5.97 Å². The number of hydrogen-bond acceptors (Lipinski definition) is 3. The van der Waals surface area contributed by atoms with Crippen molar-refractivity contribution in [2.24, 2.45) is 0 Å². The van der Waals surface area contributed by atoms with Crippen LogP contribution in [-0.2, 0) is 4.79 Å². The van der Waals surface area contributed by atoms with E-state index in [0.29, 0.717) is 23.8 Å². The number of allylic oxidation sites excluding steroid dienone is 5. The Morgan fingerprint density at radius 2 is 2.04 bits per heavy atom. The number of anilines is 1. The Labute approximate surface area is 147 Å². The van der Waals surface area contributed by atoms with E-state index < -0.39 is 11.8 Å². The van der Waals surface area contributed by atoms with Gasteiger partial charge in [0.05, 0.1) is 12.2 Å². The Kier molecular flexibility index (Phi) is 6.02. The molecule has 0 aliphatic carbocycles. The summed E-state index contributed by atoms with van der Waals surface area (Å²) >= 11 is 0. The fraction of sp³-hybridized carbons (Fsp3) is 0.350. The van der Waals surface area contributed by atoms with E-state index in [2.05, 4.69) is 18.7 Å². The lowest BCUT2D eigenvalue weighted by molar-refractivity contribution is -0.131. The van der Waals surface area contributed by atoms with E-state index in [-0.39, 0.29) is 0 Å². The first-order chi connectivity index (χ1) is 11.8. The second kappa shape index (κ2) is 8.01. The van der Waals surface area contributed by atoms with Gasteiger partial charge in [0.2, 0.25) is 0 Å². The fourth-order valence-electron chi connectivity index (χ4n) is 2.72. The number of rotatable bonds is 5. The van der Waals surface area contributed by atoms with Gasteiger partial charge in [-0.1, -0.05) is 12.1 Å². The molecule has 1 N–H and O–H groups in total. The van der Waals surface area contributed by atoms with Crippen molar-refractivity contribution in [3.8, 4) is 5.75 Å². The third-order valence-electron chi connectivity index (χ3n) is 4.12. The molecule has 0 radical (unpaired) electrons. The number of fused-ring (bicyclic) bond motifs is 1. The minimum absolute atomic E-state index is 0.369. The van der Waals surface area contributed by atoms with Gasteiger partial charge in [-0.2, -0.15) is 0 Å². The van der Waals surface area contributed by atoms with Crippen LogP contribution in [0, 0.1) is 0 Å². The van der Waals surface area contributed by atoms with Crippen LogP contribution in [0.4, 0.5) is 10.1 Å². The number of hydrogen-bond donors (Lipinski definition) is 1. The largest absolute Gasteiger partial charge is 0.490 e. The lowest BCUT2D eigenvalue weighted by Crippen LogP contribution is -2.37. The van der Waals surface area contributed by atoms with Gasteiger partial charge in [0.25, 0.3) is 0 Å². The third-order valence-corrected chi connectivity index (χ3v) is 4.12. The molecule has 4 nitrogen and oxygen atoms in total. The Morgan fingerprint density at radius 1 is 1.32 bits per heavy atom. The van der Waals surface area contributed by atoms with Crippen LogP contribution >= 0.6 is 0 Å². The number of aliphatic carboxylic acids is 1. The lowest BCUT2D eigenvalue weighted by atomic mass is 10.0. The van der Waals surface area contributed by atoms with E-state index in [9.17, 15) is 9.18 Å². The van der Waals surface area contributed by atoms with Gasteiger partial charge in [0, 0.05) is 12.1 Å². The van der Waals surface area contributed by atoms with Gasteiger partial charge < -0.3 is 14.7 Å². The van der Waals surface area contributed by atoms with Crippen molar-refractivity contribution < 1.29 is 19.0 Å². The van der Waals surface area contributed by atoms with Gasteiger partial charge in [-0.05, 0) is 62.6 Å². The Morgan fingerprint density at radius 3 is 2.68 bits per heavy atom. The monoisotopic (exact) mass is 345 g/mol. The van der Waals surface area contributed by atoms with Crippen LogP contribution < -0.4 is 9.64 Å². The van der Waals surface area contributed by atoms with Gasteiger partial charge in [-0.3, -0.25) is 0 Å². The first-order valence-corrected chi connectivity index (χ1v) is 8.29. The molecular formula is C20H24FNO3. The predicted molar refractivity (Wildman–Crippen MR) is 98.7 cm³/mol. The molecule has 0 bridgehead atoms. The van der Waals surface area contributed by atoms with E-state index in [4.69, 9.17) is 9.84 Å². The molecule has 0 aromatic heterocycles. The van der Waals surface area contributed by atoms with Crippen LogP contribution in [0.25, 0.3) is 5.57 Å². The molecule has 0 spiro atoms. The highest BCUT2D eigenvalue weighted by Crippen LogP contribution is 2.36. The molecule has 25 heavy (non-hydrogen) atoms. The Balaban J connectivity index is 2.29. The molecule has 0 amide bonds. The molecule has 0 fully saturated rings. The maximum absolute atomic E-state index is 14.4. The molecule has 0 atom stereocenters. The zero-order valence-electron chi connectivity index (χ0n) is 15.0. The molecule has 2 rings (SSSR count). The second-order valence-electron chi connectivity index (χ2n) is 6.35. The SMILES string of the molecule is CC(/C=C/C(F)=C(/C)c1ccc2c(c1)OCCN2C(C)C)=C\C(=O)O. The smallest absolute Gasteiger partial charge is 0.328 e. The van der Waals surface area contributed by atoms with E-state index >= 15 is 0 Å². The summed E-state index contributed by atoms with van der Waals surface area (Å²) in [5, 5.41) is 8.68. The first-order valence-electron chi connectivity index (χ1n) is 8.29. The summed E-state index contributed by atoms with van der Waals surface area (Å²) in [6.07, 6.45) is 3.76. The molecule has 1 aliphatic rings. The second-order valence-corrected chi connectivity index (χ2v) is 6.35. The number of halogens is 1. The van der Waals surface area contributed by atoms with Crippen LogP contribution in [0.1, 0.15) is 33.3 Å². The van der Waals surface area contributed by atoms with Crippen LogP contribution in [0.3, 0.4) is 0 Å². The maximum Gasteiger partial charge on any atom is 0.328 e. The Bertz CT molecular complexity index is 747. The van der Waals surface area contributed by atoms with Crippen LogP contribution in [-0.4, -0.2) is 30.3 Å². The molecule has 1 aromatic rings. The summed E-state index contributed by atoms with van der Waals surface area (Å²) in [5.41, 5.74) is 2.71. The van der Waals surface area contributed by atoms with Crippen molar-refractivity contribution in [2.75, 3.05) is 18.1 Å². The highest BCUT2D eigenvalue weighted by atomic mass is 19.1. The maximum atomic E-state index is 14.4. The molecule has 1 heterocycles. The number of carboxylic acid groups (broad SMARTS) is 1. The van der Waals surface area contributed by atoms with Crippen LogP contribution in [0.15, 0.2) is 47.8 Å². The summed E-state index contributed by atoms with van der Waals surface area (Å²) in [5.74, 6) is -0.699. The number of nitrogens with zero attached hydrogens (tertiary/aromatic N) is 1. The molecule has 5 heteroatoms. The molecule has 0 saturated heterocycles. The zero-order valence-corrected chi connectivity index (χ0v) is 15.0. The average Bonchev–Trinajstić information content (AvgIpc) is 2.57. The lowest BCUT2D eigenvalue weighted by Gasteiger charge is -2.34. The topological polar surface area (TPSA) is 49.8 Å². The highest BCUT2D eigenvalue weighted by molar-refractivity contribution is 5.81. The normalized spacial score (nSPS) is 15.9. The van der Waals surface area contributed by atoms with Crippen LogP contribution in [0.5, 0.6) is 5.75 Å². The minimum Gasteiger partial charge on any atom is -0.490 e. The molecular weight excluding hydrogens is 321 g/mol. The first kappa shape index (κ1) is 18.8. The minimum atomic E-state index is -1.05. The summed E-state index contributed by atoms with van der Waals surface area (Å²) < 4.78 is 20.1. The number of benzene rings is 1. The standard InChI is InChI=1S/C20H24FNO3/c1-13(2)22-9-10-25-19-12-16(6-8-18(19)22)15(4)17(21)7-5-14(3)11-20(23)24/h5-8,11-13H,9-10H2,1-4H3,(H,23,24)/b7-5+,14-11+,17-15+. The van der Waals surface area contributed by atoms with Crippen molar-refractivity contribution in [3.05, 3.63) is 53.4 Å². The van der Waals surface area contributed by atoms with E-state index in [1.54, 1.807) is 13.8 Å².